The SMILES string of the molecule is CC1CCC(NCc2ccc(C(=O)O)o2)C1. The number of hydrogen-bond acceptors (Lipinski definition) is 3. The van der Waals surface area contributed by atoms with Gasteiger partial charge in [0.15, 0.2) is 0 Å². The molecular formula is C12H17NO3. The summed E-state index contributed by atoms with van der Waals surface area (Å²) in [4.78, 5) is 10.6. The van der Waals surface area contributed by atoms with E-state index in [1.54, 1.807) is 6.07 Å². The Labute approximate surface area is 94.6 Å². The first-order chi connectivity index (χ1) is 7.65. The average molecular weight is 223 g/mol. The molecule has 1 aliphatic carbocycles. The highest BCUT2D eigenvalue weighted by atomic mass is 16.4. The molecule has 1 aromatic rings. The molecule has 0 aromatic carbocycles. The summed E-state index contributed by atoms with van der Waals surface area (Å²) in [6.45, 7) is 2.88. The number of hydrogen-bond donors (Lipinski definition) is 2. The molecule has 2 unspecified atom stereocenters. The van der Waals surface area contributed by atoms with Crippen molar-refractivity contribution in [2.45, 2.75) is 38.8 Å². The monoisotopic (exact) mass is 223 g/mol. The van der Waals surface area contributed by atoms with E-state index in [9.17, 15) is 4.79 Å². The fourth-order valence-electron chi connectivity index (χ4n) is 2.23. The van der Waals surface area contributed by atoms with Gasteiger partial charge in [-0.3, -0.25) is 0 Å². The van der Waals surface area contributed by atoms with Gasteiger partial charge in [-0.2, -0.15) is 0 Å². The normalized spacial score (nSPS) is 24.8. The molecule has 4 nitrogen and oxygen atoms in total. The van der Waals surface area contributed by atoms with Gasteiger partial charge in [-0.05, 0) is 37.3 Å². The summed E-state index contributed by atoms with van der Waals surface area (Å²) in [5, 5.41) is 12.1. The molecule has 2 atom stereocenters. The van der Waals surface area contributed by atoms with Crippen LogP contribution in [-0.4, -0.2) is 17.1 Å². The van der Waals surface area contributed by atoms with E-state index in [4.69, 9.17) is 9.52 Å². The first-order valence-corrected chi connectivity index (χ1v) is 5.70. The quantitative estimate of drug-likeness (QED) is 0.821. The zero-order valence-corrected chi connectivity index (χ0v) is 9.40. The molecule has 1 aromatic heterocycles. The summed E-state index contributed by atoms with van der Waals surface area (Å²) in [6, 6.07) is 3.76. The Bertz CT molecular complexity index is 372. The Kier molecular flexibility index (Phi) is 3.29. The molecule has 1 saturated carbocycles. The fraction of sp³-hybridized carbons (Fsp3) is 0.583. The van der Waals surface area contributed by atoms with Crippen LogP contribution < -0.4 is 5.32 Å². The van der Waals surface area contributed by atoms with Crippen LogP contribution in [0.2, 0.25) is 0 Å². The predicted octanol–water partition coefficient (Wildman–Crippen LogP) is 2.26. The van der Waals surface area contributed by atoms with E-state index in [1.807, 2.05) is 0 Å². The maximum Gasteiger partial charge on any atom is 0.371 e. The van der Waals surface area contributed by atoms with E-state index in [2.05, 4.69) is 12.2 Å². The summed E-state index contributed by atoms with van der Waals surface area (Å²) >= 11 is 0. The largest absolute Gasteiger partial charge is 0.475 e. The standard InChI is InChI=1S/C12H17NO3/c1-8-2-3-9(6-8)13-7-10-4-5-11(16-10)12(14)15/h4-5,8-9,13H,2-3,6-7H2,1H3,(H,14,15). The molecule has 1 aliphatic rings. The molecule has 2 rings (SSSR count). The molecule has 0 saturated heterocycles. The molecule has 0 amide bonds. The lowest BCUT2D eigenvalue weighted by Gasteiger charge is -2.10. The van der Waals surface area contributed by atoms with E-state index in [-0.39, 0.29) is 5.76 Å². The van der Waals surface area contributed by atoms with Gasteiger partial charge >= 0.3 is 5.97 Å². The van der Waals surface area contributed by atoms with Gasteiger partial charge in [0.2, 0.25) is 5.76 Å². The number of aromatic carboxylic acids is 1. The molecule has 0 spiro atoms. The Hall–Kier alpha value is -1.29. The molecular weight excluding hydrogens is 206 g/mol. The summed E-state index contributed by atoms with van der Waals surface area (Å²) in [5.41, 5.74) is 0. The van der Waals surface area contributed by atoms with Crippen LogP contribution in [0, 0.1) is 5.92 Å². The van der Waals surface area contributed by atoms with Crippen LogP contribution in [0.5, 0.6) is 0 Å². The van der Waals surface area contributed by atoms with Crippen molar-refractivity contribution in [1.82, 2.24) is 5.32 Å². The number of carboxylic acids is 1. The van der Waals surface area contributed by atoms with Crippen LogP contribution in [0.4, 0.5) is 0 Å². The zero-order valence-electron chi connectivity index (χ0n) is 9.40. The summed E-state index contributed by atoms with van der Waals surface area (Å²) < 4.78 is 5.17. The van der Waals surface area contributed by atoms with Crippen LogP contribution in [0.25, 0.3) is 0 Å². The molecule has 1 fully saturated rings. The van der Waals surface area contributed by atoms with Gasteiger partial charge in [-0.15, -0.1) is 0 Å². The second kappa shape index (κ2) is 4.70. The minimum atomic E-state index is -1.01. The molecule has 4 heteroatoms. The van der Waals surface area contributed by atoms with Crippen LogP contribution in [0.3, 0.4) is 0 Å². The smallest absolute Gasteiger partial charge is 0.371 e. The van der Waals surface area contributed by atoms with Crippen molar-refractivity contribution in [3.63, 3.8) is 0 Å². The fourth-order valence-corrected chi connectivity index (χ4v) is 2.23. The third-order valence-electron chi connectivity index (χ3n) is 3.13. The Balaban J connectivity index is 1.83. The van der Waals surface area contributed by atoms with E-state index >= 15 is 0 Å². The van der Waals surface area contributed by atoms with Crippen molar-refractivity contribution in [1.29, 1.82) is 0 Å². The predicted molar refractivity (Wildman–Crippen MR) is 59.3 cm³/mol. The molecule has 2 N–H and O–H groups in total. The highest BCUT2D eigenvalue weighted by Crippen LogP contribution is 2.24. The lowest BCUT2D eigenvalue weighted by atomic mass is 10.1. The van der Waals surface area contributed by atoms with E-state index in [0.717, 1.165) is 5.92 Å². The van der Waals surface area contributed by atoms with Crippen molar-refractivity contribution in [2.24, 2.45) is 5.92 Å². The van der Waals surface area contributed by atoms with Gasteiger partial charge in [-0.25, -0.2) is 4.79 Å². The maximum atomic E-state index is 10.6. The van der Waals surface area contributed by atoms with E-state index in [0.29, 0.717) is 18.3 Å². The number of rotatable bonds is 4. The highest BCUT2D eigenvalue weighted by Gasteiger charge is 2.20. The zero-order chi connectivity index (χ0) is 11.5. The molecule has 88 valence electrons. The third kappa shape index (κ3) is 2.64. The van der Waals surface area contributed by atoms with Gasteiger partial charge in [-0.1, -0.05) is 6.92 Å². The third-order valence-corrected chi connectivity index (χ3v) is 3.13. The highest BCUT2D eigenvalue weighted by molar-refractivity contribution is 5.84. The maximum absolute atomic E-state index is 10.6. The summed E-state index contributed by atoms with van der Waals surface area (Å²) in [7, 11) is 0. The van der Waals surface area contributed by atoms with Gasteiger partial charge in [0.05, 0.1) is 6.54 Å². The molecule has 16 heavy (non-hydrogen) atoms. The number of nitrogens with one attached hydrogen (secondary N) is 1. The van der Waals surface area contributed by atoms with Gasteiger partial charge in [0.25, 0.3) is 0 Å². The Morgan fingerprint density at radius 3 is 2.94 bits per heavy atom. The lowest BCUT2D eigenvalue weighted by Crippen LogP contribution is -2.25. The molecule has 1 heterocycles. The Morgan fingerprint density at radius 1 is 1.56 bits per heavy atom. The number of carboxylic acid groups (broad SMARTS) is 1. The molecule has 0 aliphatic heterocycles. The number of carbonyl (C=O) groups is 1. The summed E-state index contributed by atoms with van der Waals surface area (Å²) in [6.07, 6.45) is 3.68. The van der Waals surface area contributed by atoms with Crippen molar-refractivity contribution in [3.8, 4) is 0 Å². The minimum Gasteiger partial charge on any atom is -0.475 e. The van der Waals surface area contributed by atoms with Crippen LogP contribution in [0.15, 0.2) is 16.5 Å². The number of furan rings is 1. The van der Waals surface area contributed by atoms with Crippen molar-refractivity contribution >= 4 is 5.97 Å². The second-order valence-corrected chi connectivity index (χ2v) is 4.57. The first kappa shape index (κ1) is 11.2. The van der Waals surface area contributed by atoms with E-state index < -0.39 is 5.97 Å². The van der Waals surface area contributed by atoms with Crippen molar-refractivity contribution < 1.29 is 14.3 Å². The minimum absolute atomic E-state index is 0.0107. The molecule has 0 bridgehead atoms. The van der Waals surface area contributed by atoms with Gasteiger partial charge in [0, 0.05) is 6.04 Å². The van der Waals surface area contributed by atoms with Crippen molar-refractivity contribution in [3.05, 3.63) is 23.7 Å². The average Bonchev–Trinajstić information content (AvgIpc) is 2.83. The van der Waals surface area contributed by atoms with Crippen molar-refractivity contribution in [2.75, 3.05) is 0 Å². The first-order valence-electron chi connectivity index (χ1n) is 5.70. The topological polar surface area (TPSA) is 62.5 Å². The van der Waals surface area contributed by atoms with Crippen LogP contribution in [0.1, 0.15) is 42.5 Å². The van der Waals surface area contributed by atoms with Gasteiger partial charge in [0.1, 0.15) is 5.76 Å². The van der Waals surface area contributed by atoms with Crippen LogP contribution >= 0.6 is 0 Å². The van der Waals surface area contributed by atoms with Crippen LogP contribution in [-0.2, 0) is 6.54 Å². The Morgan fingerprint density at radius 2 is 2.38 bits per heavy atom. The second-order valence-electron chi connectivity index (χ2n) is 4.57. The molecule has 0 radical (unpaired) electrons. The van der Waals surface area contributed by atoms with Gasteiger partial charge < -0.3 is 14.8 Å². The summed E-state index contributed by atoms with van der Waals surface area (Å²) in [5.74, 6) is 0.484. The lowest BCUT2D eigenvalue weighted by molar-refractivity contribution is 0.0660. The van der Waals surface area contributed by atoms with E-state index in [1.165, 1.54) is 25.3 Å².